The second-order valence-corrected chi connectivity index (χ2v) is 7.87. The predicted molar refractivity (Wildman–Crippen MR) is 116 cm³/mol. The fraction of sp³-hybridized carbons (Fsp3) is 0.364. The van der Waals surface area contributed by atoms with E-state index in [0.717, 1.165) is 24.3 Å². The molecule has 0 saturated carbocycles. The summed E-state index contributed by atoms with van der Waals surface area (Å²) in [7, 11) is 0. The van der Waals surface area contributed by atoms with E-state index in [-0.39, 0.29) is 16.4 Å². The van der Waals surface area contributed by atoms with Crippen molar-refractivity contribution in [1.82, 2.24) is 5.32 Å². The zero-order chi connectivity index (χ0) is 19.9. The van der Waals surface area contributed by atoms with Crippen molar-refractivity contribution in [3.05, 3.63) is 59.7 Å². The lowest BCUT2D eigenvalue weighted by atomic mass is 9.87. The average Bonchev–Trinajstić information content (AvgIpc) is 2.61. The number of carbonyl (C=O) groups is 1. The van der Waals surface area contributed by atoms with Crippen LogP contribution in [0.3, 0.4) is 0 Å². The van der Waals surface area contributed by atoms with Crippen LogP contribution in [-0.2, 0) is 5.41 Å². The number of anilines is 1. The van der Waals surface area contributed by atoms with Crippen LogP contribution in [0.1, 0.15) is 56.5 Å². The smallest absolute Gasteiger partial charge is 0.257 e. The number of nitrogens with one attached hydrogen (secondary N) is 2. The highest BCUT2D eigenvalue weighted by Gasteiger charge is 2.14. The van der Waals surface area contributed by atoms with E-state index in [0.29, 0.717) is 12.2 Å². The lowest BCUT2D eigenvalue weighted by Gasteiger charge is -2.19. The van der Waals surface area contributed by atoms with Gasteiger partial charge in [-0.2, -0.15) is 0 Å². The SMILES string of the molecule is CCCCOc1cccc(NC(=S)NC(=O)c2ccc(C(C)(C)C)cc2)c1. The minimum Gasteiger partial charge on any atom is -0.494 e. The van der Waals surface area contributed by atoms with Gasteiger partial charge in [0.1, 0.15) is 5.75 Å². The Kier molecular flexibility index (Phi) is 7.36. The van der Waals surface area contributed by atoms with E-state index in [2.05, 4.69) is 38.3 Å². The highest BCUT2D eigenvalue weighted by atomic mass is 32.1. The third-order valence-corrected chi connectivity index (χ3v) is 4.30. The van der Waals surface area contributed by atoms with E-state index in [1.165, 1.54) is 5.56 Å². The molecule has 0 fully saturated rings. The van der Waals surface area contributed by atoms with Crippen LogP contribution < -0.4 is 15.4 Å². The largest absolute Gasteiger partial charge is 0.494 e. The molecule has 0 bridgehead atoms. The van der Waals surface area contributed by atoms with Crippen molar-refractivity contribution in [2.75, 3.05) is 11.9 Å². The first-order valence-corrected chi connectivity index (χ1v) is 9.66. The first-order valence-electron chi connectivity index (χ1n) is 9.25. The summed E-state index contributed by atoms with van der Waals surface area (Å²) in [4.78, 5) is 12.4. The summed E-state index contributed by atoms with van der Waals surface area (Å²) in [5, 5.41) is 6.00. The maximum absolute atomic E-state index is 12.4. The highest BCUT2D eigenvalue weighted by molar-refractivity contribution is 7.80. The van der Waals surface area contributed by atoms with Gasteiger partial charge in [0.2, 0.25) is 0 Å². The first-order chi connectivity index (χ1) is 12.8. The molecule has 0 aliphatic heterocycles. The van der Waals surface area contributed by atoms with Gasteiger partial charge >= 0.3 is 0 Å². The summed E-state index contributed by atoms with van der Waals surface area (Å²) in [6.07, 6.45) is 2.10. The molecule has 2 rings (SSSR count). The Morgan fingerprint density at radius 1 is 1.11 bits per heavy atom. The number of carbonyl (C=O) groups excluding carboxylic acids is 1. The van der Waals surface area contributed by atoms with Crippen molar-refractivity contribution in [1.29, 1.82) is 0 Å². The molecule has 144 valence electrons. The molecule has 0 spiro atoms. The Bertz CT molecular complexity index is 780. The number of benzene rings is 2. The topological polar surface area (TPSA) is 50.4 Å². The van der Waals surface area contributed by atoms with Gasteiger partial charge in [-0.3, -0.25) is 10.1 Å². The normalized spacial score (nSPS) is 11.0. The monoisotopic (exact) mass is 384 g/mol. The molecule has 0 atom stereocenters. The molecular formula is C22H28N2O2S. The van der Waals surface area contributed by atoms with Gasteiger partial charge in [-0.05, 0) is 53.9 Å². The first kappa shape index (κ1) is 20.9. The fourth-order valence-electron chi connectivity index (χ4n) is 2.46. The second-order valence-electron chi connectivity index (χ2n) is 7.47. The molecule has 0 saturated heterocycles. The second kappa shape index (κ2) is 9.51. The van der Waals surface area contributed by atoms with Gasteiger partial charge in [0, 0.05) is 17.3 Å². The zero-order valence-corrected chi connectivity index (χ0v) is 17.3. The Labute approximate surface area is 167 Å². The van der Waals surface area contributed by atoms with Gasteiger partial charge in [-0.25, -0.2) is 0 Å². The van der Waals surface area contributed by atoms with Crippen molar-refractivity contribution < 1.29 is 9.53 Å². The minimum absolute atomic E-state index is 0.0517. The van der Waals surface area contributed by atoms with Crippen LogP contribution in [0.25, 0.3) is 0 Å². The molecule has 27 heavy (non-hydrogen) atoms. The van der Waals surface area contributed by atoms with Crippen LogP contribution in [0.5, 0.6) is 5.75 Å². The standard InChI is InChI=1S/C22H28N2O2S/c1-5-6-14-26-19-9-7-8-18(15-19)23-21(27)24-20(25)16-10-12-17(13-11-16)22(2,3)4/h7-13,15H,5-6,14H2,1-4H3,(H2,23,24,25,27). The molecular weight excluding hydrogens is 356 g/mol. The van der Waals surface area contributed by atoms with E-state index >= 15 is 0 Å². The summed E-state index contributed by atoms with van der Waals surface area (Å²) >= 11 is 5.26. The van der Waals surface area contributed by atoms with Crippen molar-refractivity contribution in [3.63, 3.8) is 0 Å². The van der Waals surface area contributed by atoms with Gasteiger partial charge in [0.25, 0.3) is 5.91 Å². The fourth-order valence-corrected chi connectivity index (χ4v) is 2.67. The van der Waals surface area contributed by atoms with Gasteiger partial charge in [-0.1, -0.05) is 52.3 Å². The lowest BCUT2D eigenvalue weighted by Crippen LogP contribution is -2.34. The van der Waals surface area contributed by atoms with E-state index in [4.69, 9.17) is 17.0 Å². The summed E-state index contributed by atoms with van der Waals surface area (Å²) in [5.74, 6) is 0.545. The quantitative estimate of drug-likeness (QED) is 0.525. The molecule has 0 aromatic heterocycles. The van der Waals surface area contributed by atoms with Gasteiger partial charge in [0.05, 0.1) is 6.61 Å². The Morgan fingerprint density at radius 2 is 1.81 bits per heavy atom. The highest BCUT2D eigenvalue weighted by Crippen LogP contribution is 2.22. The predicted octanol–water partition coefficient (Wildman–Crippen LogP) is 5.29. The van der Waals surface area contributed by atoms with Crippen LogP contribution in [0, 0.1) is 0 Å². The van der Waals surface area contributed by atoms with E-state index in [1.54, 1.807) is 0 Å². The van der Waals surface area contributed by atoms with Crippen molar-refractivity contribution in [2.24, 2.45) is 0 Å². The molecule has 4 nitrogen and oxygen atoms in total. The van der Waals surface area contributed by atoms with Crippen molar-refractivity contribution >= 4 is 28.9 Å². The maximum atomic E-state index is 12.4. The molecule has 0 aliphatic rings. The number of hydrogen-bond donors (Lipinski definition) is 2. The Balaban J connectivity index is 1.93. The van der Waals surface area contributed by atoms with E-state index < -0.39 is 0 Å². The maximum Gasteiger partial charge on any atom is 0.257 e. The van der Waals surface area contributed by atoms with Gasteiger partial charge in [-0.15, -0.1) is 0 Å². The zero-order valence-electron chi connectivity index (χ0n) is 16.5. The van der Waals surface area contributed by atoms with Crippen molar-refractivity contribution in [2.45, 2.75) is 46.0 Å². The summed E-state index contributed by atoms with van der Waals surface area (Å²) in [5.41, 5.74) is 2.58. The molecule has 5 heteroatoms. The molecule has 0 heterocycles. The average molecular weight is 385 g/mol. The number of thiocarbonyl (C=S) groups is 1. The Morgan fingerprint density at radius 3 is 2.44 bits per heavy atom. The lowest BCUT2D eigenvalue weighted by molar-refractivity contribution is 0.0977. The molecule has 0 radical (unpaired) electrons. The van der Waals surface area contributed by atoms with E-state index in [1.807, 2.05) is 48.5 Å². The Hall–Kier alpha value is -2.40. The minimum atomic E-state index is -0.233. The summed E-state index contributed by atoms with van der Waals surface area (Å²) in [6, 6.07) is 15.1. The molecule has 0 unspecified atom stereocenters. The molecule has 2 aromatic rings. The third-order valence-electron chi connectivity index (χ3n) is 4.10. The number of ether oxygens (including phenoxy) is 1. The van der Waals surface area contributed by atoms with Crippen LogP contribution in [-0.4, -0.2) is 17.6 Å². The number of amides is 1. The molecule has 2 N–H and O–H groups in total. The molecule has 2 aromatic carbocycles. The molecule has 1 amide bonds. The van der Waals surface area contributed by atoms with E-state index in [9.17, 15) is 4.79 Å². The number of hydrogen-bond acceptors (Lipinski definition) is 3. The molecule has 0 aliphatic carbocycles. The van der Waals surface area contributed by atoms with Crippen LogP contribution in [0.2, 0.25) is 0 Å². The van der Waals surface area contributed by atoms with Crippen LogP contribution in [0.15, 0.2) is 48.5 Å². The van der Waals surface area contributed by atoms with Gasteiger partial charge in [0.15, 0.2) is 5.11 Å². The summed E-state index contributed by atoms with van der Waals surface area (Å²) in [6.45, 7) is 9.23. The number of unbranched alkanes of at least 4 members (excludes halogenated alkanes) is 1. The third kappa shape index (κ3) is 6.68. The van der Waals surface area contributed by atoms with Crippen LogP contribution >= 0.6 is 12.2 Å². The van der Waals surface area contributed by atoms with Crippen molar-refractivity contribution in [3.8, 4) is 5.75 Å². The summed E-state index contributed by atoms with van der Waals surface area (Å²) < 4.78 is 5.69. The van der Waals surface area contributed by atoms with Crippen LogP contribution in [0.4, 0.5) is 5.69 Å². The van der Waals surface area contributed by atoms with Gasteiger partial charge < -0.3 is 10.1 Å². The number of rotatable bonds is 6.